The number of hydrogen-bond acceptors (Lipinski definition) is 3. The zero-order chi connectivity index (χ0) is 15.3. The van der Waals surface area contributed by atoms with Gasteiger partial charge in [-0.2, -0.15) is 17.0 Å². The van der Waals surface area contributed by atoms with Crippen LogP contribution in [-0.4, -0.2) is 48.9 Å². The lowest BCUT2D eigenvalue weighted by Gasteiger charge is -2.23. The first-order chi connectivity index (χ1) is 10.0. The highest BCUT2D eigenvalue weighted by molar-refractivity contribution is 7.86. The van der Waals surface area contributed by atoms with Crippen LogP contribution in [0.25, 0.3) is 0 Å². The van der Waals surface area contributed by atoms with Crippen molar-refractivity contribution in [1.82, 2.24) is 8.61 Å². The molecule has 1 aromatic carbocycles. The normalized spacial score (nSPS) is 16.0. The number of benzene rings is 1. The van der Waals surface area contributed by atoms with Gasteiger partial charge < -0.3 is 5.11 Å². The number of nitrogens with zero attached hydrogens (tertiary/aromatic N) is 2. The fourth-order valence-electron chi connectivity index (χ4n) is 2.34. The average molecular weight is 308 g/mol. The molecule has 0 unspecified atom stereocenters. The van der Waals surface area contributed by atoms with E-state index in [4.69, 9.17) is 5.11 Å². The monoisotopic (exact) mass is 308 g/mol. The molecule has 1 aromatic rings. The highest BCUT2D eigenvalue weighted by Gasteiger charge is 2.29. The summed E-state index contributed by atoms with van der Waals surface area (Å²) in [6.45, 7) is 1.34. The van der Waals surface area contributed by atoms with Gasteiger partial charge in [0, 0.05) is 32.2 Å². The van der Waals surface area contributed by atoms with E-state index in [1.807, 2.05) is 24.3 Å². The minimum absolute atomic E-state index is 0.187. The van der Waals surface area contributed by atoms with Crippen molar-refractivity contribution in [2.45, 2.75) is 19.4 Å². The van der Waals surface area contributed by atoms with E-state index in [1.54, 1.807) is 7.05 Å². The van der Waals surface area contributed by atoms with Gasteiger partial charge in [-0.15, -0.1) is 0 Å². The molecule has 21 heavy (non-hydrogen) atoms. The van der Waals surface area contributed by atoms with Gasteiger partial charge in [-0.05, 0) is 30.5 Å². The van der Waals surface area contributed by atoms with Crippen molar-refractivity contribution in [3.05, 3.63) is 35.4 Å². The minimum atomic E-state index is -3.38. The Bertz CT molecular complexity index is 640. The highest BCUT2D eigenvalue weighted by atomic mass is 32.2. The summed E-state index contributed by atoms with van der Waals surface area (Å²) in [5, 5.41) is 8.70. The fourth-order valence-corrected chi connectivity index (χ4v) is 3.77. The number of hydrogen-bond donors (Lipinski definition) is 1. The Morgan fingerprint density at radius 1 is 1.33 bits per heavy atom. The molecule has 1 fully saturated rings. The van der Waals surface area contributed by atoms with Crippen LogP contribution in [0.2, 0.25) is 0 Å². The van der Waals surface area contributed by atoms with Crippen LogP contribution >= 0.6 is 0 Å². The summed E-state index contributed by atoms with van der Waals surface area (Å²) in [4.78, 5) is 0. The average Bonchev–Trinajstić information content (AvgIpc) is 3.00. The van der Waals surface area contributed by atoms with Gasteiger partial charge in [0.05, 0.1) is 0 Å². The van der Waals surface area contributed by atoms with Crippen LogP contribution < -0.4 is 0 Å². The molecule has 0 spiro atoms. The Balaban J connectivity index is 2.10. The van der Waals surface area contributed by atoms with Crippen LogP contribution in [0.1, 0.15) is 24.0 Å². The molecule has 0 aliphatic carbocycles. The SMILES string of the molecule is CN(Cc1cccc(C#CCO)c1)S(=O)(=O)N1CCCC1. The summed E-state index contributed by atoms with van der Waals surface area (Å²) < 4.78 is 27.7. The minimum Gasteiger partial charge on any atom is -0.384 e. The summed E-state index contributed by atoms with van der Waals surface area (Å²) in [6.07, 6.45) is 1.86. The van der Waals surface area contributed by atoms with Crippen LogP contribution in [0.4, 0.5) is 0 Å². The Kier molecular flexibility index (Phi) is 5.37. The van der Waals surface area contributed by atoms with E-state index >= 15 is 0 Å². The molecular formula is C15H20N2O3S. The molecule has 6 heteroatoms. The molecule has 1 aliphatic rings. The summed E-state index contributed by atoms with van der Waals surface area (Å²) in [5.41, 5.74) is 1.65. The third kappa shape index (κ3) is 4.05. The lowest BCUT2D eigenvalue weighted by atomic mass is 10.1. The molecule has 0 atom stereocenters. The predicted octanol–water partition coefficient (Wildman–Crippen LogP) is 0.803. The van der Waals surface area contributed by atoms with Crippen LogP contribution in [0, 0.1) is 11.8 Å². The lowest BCUT2D eigenvalue weighted by Crippen LogP contribution is -2.39. The molecule has 1 N–H and O–H groups in total. The number of aliphatic hydroxyl groups excluding tert-OH is 1. The second-order valence-electron chi connectivity index (χ2n) is 5.03. The maximum atomic E-state index is 12.4. The zero-order valence-electron chi connectivity index (χ0n) is 12.1. The Hall–Kier alpha value is -1.39. The standard InChI is InChI=1S/C15H20N2O3S/c1-16(21(19,20)17-9-2-3-10-17)13-15-7-4-6-14(12-15)8-5-11-18/h4,6-7,12,18H,2-3,9-11,13H2,1H3. The molecule has 0 radical (unpaired) electrons. The summed E-state index contributed by atoms with van der Waals surface area (Å²) in [7, 11) is -1.78. The van der Waals surface area contributed by atoms with Gasteiger partial charge >= 0.3 is 0 Å². The Morgan fingerprint density at radius 2 is 2.05 bits per heavy atom. The topological polar surface area (TPSA) is 60.9 Å². The van der Waals surface area contributed by atoms with Crippen LogP contribution in [-0.2, 0) is 16.8 Å². The van der Waals surface area contributed by atoms with Gasteiger partial charge in [-0.1, -0.05) is 24.0 Å². The van der Waals surface area contributed by atoms with E-state index in [2.05, 4.69) is 11.8 Å². The maximum Gasteiger partial charge on any atom is 0.282 e. The smallest absolute Gasteiger partial charge is 0.282 e. The third-order valence-corrected chi connectivity index (χ3v) is 5.36. The number of rotatable bonds is 4. The quantitative estimate of drug-likeness (QED) is 0.837. The van der Waals surface area contributed by atoms with Gasteiger partial charge in [0.25, 0.3) is 10.2 Å². The molecule has 114 valence electrons. The lowest BCUT2D eigenvalue weighted by molar-refractivity contribution is 0.350. The second-order valence-corrected chi connectivity index (χ2v) is 7.07. The van der Waals surface area contributed by atoms with E-state index < -0.39 is 10.2 Å². The van der Waals surface area contributed by atoms with Crippen molar-refractivity contribution in [3.8, 4) is 11.8 Å². The molecule has 0 bridgehead atoms. The molecule has 1 saturated heterocycles. The molecule has 0 saturated carbocycles. The van der Waals surface area contributed by atoms with E-state index in [0.717, 1.165) is 24.0 Å². The van der Waals surface area contributed by atoms with E-state index in [-0.39, 0.29) is 6.61 Å². The first-order valence-corrected chi connectivity index (χ1v) is 8.34. The number of aliphatic hydroxyl groups is 1. The molecule has 0 aromatic heterocycles. The van der Waals surface area contributed by atoms with Crippen molar-refractivity contribution in [1.29, 1.82) is 0 Å². The van der Waals surface area contributed by atoms with Gasteiger partial charge in [-0.25, -0.2) is 0 Å². The predicted molar refractivity (Wildman–Crippen MR) is 81.6 cm³/mol. The molecule has 1 heterocycles. The first-order valence-electron chi connectivity index (χ1n) is 6.94. The van der Waals surface area contributed by atoms with Crippen molar-refractivity contribution in [2.75, 3.05) is 26.7 Å². The van der Waals surface area contributed by atoms with E-state index in [0.29, 0.717) is 19.6 Å². The van der Waals surface area contributed by atoms with Gasteiger partial charge in [0.1, 0.15) is 6.61 Å². The van der Waals surface area contributed by atoms with Crippen molar-refractivity contribution in [3.63, 3.8) is 0 Å². The maximum absolute atomic E-state index is 12.4. The third-order valence-electron chi connectivity index (χ3n) is 3.43. The summed E-state index contributed by atoms with van der Waals surface area (Å²) in [5.74, 6) is 5.41. The van der Waals surface area contributed by atoms with Crippen LogP contribution in [0.3, 0.4) is 0 Å². The Morgan fingerprint density at radius 3 is 2.71 bits per heavy atom. The first kappa shape index (κ1) is 16.0. The zero-order valence-corrected chi connectivity index (χ0v) is 12.9. The largest absolute Gasteiger partial charge is 0.384 e. The van der Waals surface area contributed by atoms with Crippen molar-refractivity contribution < 1.29 is 13.5 Å². The summed E-state index contributed by atoms with van der Waals surface area (Å²) >= 11 is 0. The molecule has 1 aliphatic heterocycles. The van der Waals surface area contributed by atoms with Crippen LogP contribution in [0.5, 0.6) is 0 Å². The van der Waals surface area contributed by atoms with Crippen LogP contribution in [0.15, 0.2) is 24.3 Å². The van der Waals surface area contributed by atoms with Crippen molar-refractivity contribution in [2.24, 2.45) is 0 Å². The van der Waals surface area contributed by atoms with E-state index in [1.165, 1.54) is 8.61 Å². The molecule has 0 amide bonds. The van der Waals surface area contributed by atoms with Gasteiger partial charge in [0.15, 0.2) is 0 Å². The van der Waals surface area contributed by atoms with Crippen molar-refractivity contribution >= 4 is 10.2 Å². The van der Waals surface area contributed by atoms with E-state index in [9.17, 15) is 8.42 Å². The molecular weight excluding hydrogens is 288 g/mol. The molecule has 2 rings (SSSR count). The molecule has 5 nitrogen and oxygen atoms in total. The fraction of sp³-hybridized carbons (Fsp3) is 0.467. The second kappa shape index (κ2) is 7.05. The van der Waals surface area contributed by atoms with Gasteiger partial charge in [-0.3, -0.25) is 0 Å². The summed E-state index contributed by atoms with van der Waals surface area (Å²) in [6, 6.07) is 7.40. The Labute approximate surface area is 126 Å². The highest BCUT2D eigenvalue weighted by Crippen LogP contribution is 2.17. The van der Waals surface area contributed by atoms with Gasteiger partial charge in [0.2, 0.25) is 0 Å².